The number of unbranched alkanes of at least 4 members (excludes halogenated alkanes) is 2. The van der Waals surface area contributed by atoms with Gasteiger partial charge in [0.2, 0.25) is 0 Å². The van der Waals surface area contributed by atoms with Crippen LogP contribution in [-0.4, -0.2) is 28.5 Å². The van der Waals surface area contributed by atoms with Gasteiger partial charge in [0.1, 0.15) is 12.0 Å². The first kappa shape index (κ1) is 16.2. The van der Waals surface area contributed by atoms with Crippen molar-refractivity contribution in [1.82, 2.24) is 4.98 Å². The summed E-state index contributed by atoms with van der Waals surface area (Å²) in [5.41, 5.74) is 0.641. The number of aromatic nitrogens is 1. The van der Waals surface area contributed by atoms with Crippen molar-refractivity contribution < 1.29 is 4.92 Å². The lowest BCUT2D eigenvalue weighted by Crippen LogP contribution is -2.06. The highest BCUT2D eigenvalue weighted by molar-refractivity contribution is 9.10. The van der Waals surface area contributed by atoms with Crippen molar-refractivity contribution in [2.24, 2.45) is 0 Å². The van der Waals surface area contributed by atoms with Crippen LogP contribution in [0.25, 0.3) is 0 Å². The standard InChI is InChI=1S/C12H18BrN3O2S/c1-9-10(16(17)18)8-15-12(11(9)13)14-6-4-3-5-7-19-2/h8H,3-7H2,1-2H3,(H,14,15). The Morgan fingerprint density at radius 2 is 2.21 bits per heavy atom. The van der Waals surface area contributed by atoms with Crippen LogP contribution < -0.4 is 5.32 Å². The largest absolute Gasteiger partial charge is 0.369 e. The van der Waals surface area contributed by atoms with E-state index < -0.39 is 4.92 Å². The molecular formula is C12H18BrN3O2S. The minimum absolute atomic E-state index is 0.0393. The number of thioether (sulfide) groups is 1. The van der Waals surface area contributed by atoms with Gasteiger partial charge in [-0.25, -0.2) is 4.98 Å². The van der Waals surface area contributed by atoms with Crippen LogP contribution in [0.1, 0.15) is 24.8 Å². The molecule has 0 bridgehead atoms. The van der Waals surface area contributed by atoms with Gasteiger partial charge in [-0.2, -0.15) is 11.8 Å². The molecular weight excluding hydrogens is 330 g/mol. The van der Waals surface area contributed by atoms with E-state index in [0.29, 0.717) is 15.9 Å². The van der Waals surface area contributed by atoms with Crippen molar-refractivity contribution in [1.29, 1.82) is 0 Å². The van der Waals surface area contributed by atoms with E-state index in [2.05, 4.69) is 32.5 Å². The van der Waals surface area contributed by atoms with E-state index in [0.717, 1.165) is 13.0 Å². The number of halogens is 1. The molecule has 1 rings (SSSR count). The van der Waals surface area contributed by atoms with Crippen molar-refractivity contribution in [2.75, 3.05) is 23.9 Å². The average Bonchev–Trinajstić information content (AvgIpc) is 2.38. The third kappa shape index (κ3) is 4.99. The zero-order valence-corrected chi connectivity index (χ0v) is 13.5. The molecule has 0 radical (unpaired) electrons. The second-order valence-corrected chi connectivity index (χ2v) is 5.95. The zero-order chi connectivity index (χ0) is 14.3. The molecule has 0 saturated carbocycles. The van der Waals surface area contributed by atoms with E-state index in [4.69, 9.17) is 0 Å². The molecule has 0 saturated heterocycles. The summed E-state index contributed by atoms with van der Waals surface area (Å²) in [7, 11) is 0. The maximum atomic E-state index is 10.8. The van der Waals surface area contributed by atoms with Crippen LogP contribution in [-0.2, 0) is 0 Å². The van der Waals surface area contributed by atoms with Crippen molar-refractivity contribution in [3.63, 3.8) is 0 Å². The molecule has 0 fully saturated rings. The molecule has 0 amide bonds. The van der Waals surface area contributed by atoms with Crippen molar-refractivity contribution >= 4 is 39.2 Å². The fourth-order valence-corrected chi connectivity index (χ4v) is 2.57. The minimum atomic E-state index is -0.417. The average molecular weight is 348 g/mol. The number of nitrogens with one attached hydrogen (secondary N) is 1. The van der Waals surface area contributed by atoms with Crippen molar-refractivity contribution in [3.05, 3.63) is 26.3 Å². The molecule has 1 aromatic heterocycles. The number of nitrogens with zero attached hydrogens (tertiary/aromatic N) is 2. The predicted octanol–water partition coefficient (Wildman–Crippen LogP) is 4.01. The highest BCUT2D eigenvalue weighted by atomic mass is 79.9. The lowest BCUT2D eigenvalue weighted by atomic mass is 10.2. The first-order chi connectivity index (χ1) is 9.07. The molecule has 1 heterocycles. The number of hydrogen-bond donors (Lipinski definition) is 1. The molecule has 0 atom stereocenters. The molecule has 1 N–H and O–H groups in total. The van der Waals surface area contributed by atoms with Crippen LogP contribution in [0.15, 0.2) is 10.7 Å². The van der Waals surface area contributed by atoms with Crippen LogP contribution in [0.5, 0.6) is 0 Å². The van der Waals surface area contributed by atoms with Gasteiger partial charge in [-0.05, 0) is 47.7 Å². The molecule has 1 aromatic rings. The van der Waals surface area contributed by atoms with Crippen LogP contribution in [0.3, 0.4) is 0 Å². The summed E-state index contributed by atoms with van der Waals surface area (Å²) >= 11 is 5.22. The van der Waals surface area contributed by atoms with Gasteiger partial charge in [0.05, 0.1) is 9.40 Å². The Morgan fingerprint density at radius 3 is 2.84 bits per heavy atom. The van der Waals surface area contributed by atoms with Crippen molar-refractivity contribution in [3.8, 4) is 0 Å². The van der Waals surface area contributed by atoms with Gasteiger partial charge in [0.25, 0.3) is 5.69 Å². The Morgan fingerprint density at radius 1 is 1.47 bits per heavy atom. The predicted molar refractivity (Wildman–Crippen MR) is 84.1 cm³/mol. The molecule has 19 heavy (non-hydrogen) atoms. The summed E-state index contributed by atoms with van der Waals surface area (Å²) < 4.78 is 0.672. The highest BCUT2D eigenvalue weighted by Gasteiger charge is 2.16. The maximum absolute atomic E-state index is 10.8. The van der Waals surface area contributed by atoms with Crippen LogP contribution in [0, 0.1) is 17.0 Å². The second kappa shape index (κ2) is 8.37. The summed E-state index contributed by atoms with van der Waals surface area (Å²) in [6.07, 6.45) is 6.88. The molecule has 7 heteroatoms. The van der Waals surface area contributed by atoms with Gasteiger partial charge in [0.15, 0.2) is 0 Å². The smallest absolute Gasteiger partial charge is 0.291 e. The third-order valence-corrected chi connectivity index (χ3v) is 4.42. The Kier molecular flexibility index (Phi) is 7.15. The van der Waals surface area contributed by atoms with Crippen LogP contribution in [0.4, 0.5) is 11.5 Å². The van der Waals surface area contributed by atoms with Crippen LogP contribution >= 0.6 is 27.7 Å². The van der Waals surface area contributed by atoms with E-state index in [1.54, 1.807) is 6.92 Å². The quantitative estimate of drug-likeness (QED) is 0.437. The van der Waals surface area contributed by atoms with Gasteiger partial charge in [-0.3, -0.25) is 10.1 Å². The number of nitro groups is 1. The molecule has 106 valence electrons. The lowest BCUT2D eigenvalue weighted by molar-refractivity contribution is -0.385. The summed E-state index contributed by atoms with van der Waals surface area (Å²) in [6.45, 7) is 2.55. The Labute approximate surface area is 125 Å². The number of hydrogen-bond acceptors (Lipinski definition) is 5. The topological polar surface area (TPSA) is 68.1 Å². The first-order valence-corrected chi connectivity index (χ1v) is 8.29. The number of rotatable bonds is 8. The third-order valence-electron chi connectivity index (χ3n) is 2.75. The summed E-state index contributed by atoms with van der Waals surface area (Å²) in [5, 5.41) is 14.0. The highest BCUT2D eigenvalue weighted by Crippen LogP contribution is 2.30. The number of anilines is 1. The zero-order valence-electron chi connectivity index (χ0n) is 11.1. The Balaban J connectivity index is 2.51. The monoisotopic (exact) mass is 347 g/mol. The van der Waals surface area contributed by atoms with E-state index in [1.807, 2.05) is 11.8 Å². The SMILES string of the molecule is CSCCCCCNc1ncc([N+](=O)[O-])c(C)c1Br. The molecule has 0 aliphatic heterocycles. The molecule has 0 unspecified atom stereocenters. The van der Waals surface area contributed by atoms with Crippen molar-refractivity contribution in [2.45, 2.75) is 26.2 Å². The Hall–Kier alpha value is -0.820. The van der Waals surface area contributed by atoms with E-state index in [9.17, 15) is 10.1 Å². The van der Waals surface area contributed by atoms with Gasteiger partial charge in [0, 0.05) is 12.1 Å². The molecule has 0 spiro atoms. The van der Waals surface area contributed by atoms with E-state index in [1.165, 1.54) is 24.8 Å². The van der Waals surface area contributed by atoms with E-state index >= 15 is 0 Å². The molecule has 0 aliphatic rings. The minimum Gasteiger partial charge on any atom is -0.369 e. The van der Waals surface area contributed by atoms with Gasteiger partial charge < -0.3 is 5.32 Å². The lowest BCUT2D eigenvalue weighted by Gasteiger charge is -2.09. The maximum Gasteiger partial charge on any atom is 0.291 e. The first-order valence-electron chi connectivity index (χ1n) is 6.10. The molecule has 5 nitrogen and oxygen atoms in total. The fraction of sp³-hybridized carbons (Fsp3) is 0.583. The normalized spacial score (nSPS) is 10.5. The molecule has 0 aromatic carbocycles. The van der Waals surface area contributed by atoms with Gasteiger partial charge >= 0.3 is 0 Å². The van der Waals surface area contributed by atoms with Crippen LogP contribution in [0.2, 0.25) is 0 Å². The summed E-state index contributed by atoms with van der Waals surface area (Å²) in [6, 6.07) is 0. The summed E-state index contributed by atoms with van der Waals surface area (Å²) in [5.74, 6) is 1.87. The Bertz CT molecular complexity index is 443. The van der Waals surface area contributed by atoms with Gasteiger partial charge in [-0.1, -0.05) is 6.42 Å². The fourth-order valence-electron chi connectivity index (χ4n) is 1.63. The number of pyridine rings is 1. The summed E-state index contributed by atoms with van der Waals surface area (Å²) in [4.78, 5) is 14.4. The van der Waals surface area contributed by atoms with E-state index in [-0.39, 0.29) is 5.69 Å². The second-order valence-electron chi connectivity index (χ2n) is 4.17. The van der Waals surface area contributed by atoms with Gasteiger partial charge in [-0.15, -0.1) is 0 Å². The molecule has 0 aliphatic carbocycles.